The quantitative estimate of drug-likeness (QED) is 0.768. The Labute approximate surface area is 124 Å². The molecule has 1 fully saturated rings. The third-order valence-corrected chi connectivity index (χ3v) is 4.48. The summed E-state index contributed by atoms with van der Waals surface area (Å²) in [5.74, 6) is 0.258. The van der Waals surface area contributed by atoms with Crippen LogP contribution in [0.25, 0.3) is 0 Å². The lowest BCUT2D eigenvalue weighted by molar-refractivity contribution is -0.136. The number of halogens is 1. The Bertz CT molecular complexity index is 404. The minimum absolute atomic E-state index is 0.0304. The van der Waals surface area contributed by atoms with Gasteiger partial charge in [0.15, 0.2) is 0 Å². The summed E-state index contributed by atoms with van der Waals surface area (Å²) in [6.07, 6.45) is 4.61. The molecule has 1 aliphatic heterocycles. The number of carbonyl (C=O) groups is 1. The largest absolute Gasteiger partial charge is 0.339 e. The number of benzene rings is 1. The van der Waals surface area contributed by atoms with Gasteiger partial charge in [-0.15, -0.1) is 0 Å². The first-order valence-corrected chi connectivity index (χ1v) is 8.27. The van der Waals surface area contributed by atoms with E-state index in [4.69, 9.17) is 0 Å². The zero-order valence-electron chi connectivity index (χ0n) is 11.5. The van der Waals surface area contributed by atoms with Crippen LogP contribution in [0.2, 0.25) is 0 Å². The van der Waals surface area contributed by atoms with Gasteiger partial charge in [-0.2, -0.15) is 0 Å². The molecule has 0 saturated carbocycles. The van der Waals surface area contributed by atoms with Gasteiger partial charge in [0.05, 0.1) is 5.92 Å². The first kappa shape index (κ1) is 14.6. The van der Waals surface area contributed by atoms with Crippen LogP contribution in [-0.4, -0.2) is 28.7 Å². The van der Waals surface area contributed by atoms with Crippen LogP contribution in [0.5, 0.6) is 0 Å². The Morgan fingerprint density at radius 1 is 1.37 bits per heavy atom. The molecule has 1 heterocycles. The first-order valence-electron chi connectivity index (χ1n) is 7.15. The molecule has 0 aliphatic carbocycles. The highest BCUT2D eigenvalue weighted by atomic mass is 79.9. The zero-order chi connectivity index (χ0) is 13.7. The van der Waals surface area contributed by atoms with Gasteiger partial charge in [0, 0.05) is 17.9 Å². The van der Waals surface area contributed by atoms with E-state index in [9.17, 15) is 4.79 Å². The standard InChI is InChI=1S/C16H22BrNO/c1-13(14-7-3-2-4-8-14)16(19)18-12-6-5-9-15(18)10-11-17/h2-4,7-8,13,15H,5-6,9-12H2,1H3. The van der Waals surface area contributed by atoms with Crippen molar-refractivity contribution < 1.29 is 4.79 Å². The Hall–Kier alpha value is -0.830. The predicted octanol–water partition coefficient (Wildman–Crippen LogP) is 3.96. The first-order chi connectivity index (χ1) is 9.24. The number of rotatable bonds is 4. The summed E-state index contributed by atoms with van der Waals surface area (Å²) in [4.78, 5) is 14.8. The van der Waals surface area contributed by atoms with Crippen molar-refractivity contribution in [3.8, 4) is 0 Å². The van der Waals surface area contributed by atoms with Crippen molar-refractivity contribution in [2.24, 2.45) is 0 Å². The van der Waals surface area contributed by atoms with Gasteiger partial charge in [0.1, 0.15) is 0 Å². The lowest BCUT2D eigenvalue weighted by atomic mass is 9.94. The second-order valence-electron chi connectivity index (χ2n) is 5.29. The normalized spacial score (nSPS) is 21.2. The van der Waals surface area contributed by atoms with Crippen molar-refractivity contribution in [1.29, 1.82) is 0 Å². The fraction of sp³-hybridized carbons (Fsp3) is 0.562. The molecular weight excluding hydrogens is 302 g/mol. The van der Waals surface area contributed by atoms with Gasteiger partial charge in [-0.3, -0.25) is 4.79 Å². The summed E-state index contributed by atoms with van der Waals surface area (Å²) >= 11 is 3.51. The molecule has 0 N–H and O–H groups in total. The third kappa shape index (κ3) is 3.59. The van der Waals surface area contributed by atoms with Crippen LogP contribution in [0.4, 0.5) is 0 Å². The third-order valence-electron chi connectivity index (χ3n) is 4.02. The van der Waals surface area contributed by atoms with Gasteiger partial charge < -0.3 is 4.90 Å². The number of piperidine rings is 1. The number of carbonyl (C=O) groups excluding carboxylic acids is 1. The SMILES string of the molecule is CC(C(=O)N1CCCCC1CCBr)c1ccccc1. The van der Waals surface area contributed by atoms with Gasteiger partial charge in [-0.25, -0.2) is 0 Å². The number of hydrogen-bond donors (Lipinski definition) is 0. The summed E-state index contributed by atoms with van der Waals surface area (Å²) in [5, 5.41) is 0.973. The average molecular weight is 324 g/mol. The van der Waals surface area contributed by atoms with E-state index < -0.39 is 0 Å². The Kier molecular flexibility index (Phi) is 5.44. The molecule has 0 spiro atoms. The van der Waals surface area contributed by atoms with Gasteiger partial charge in [0.2, 0.25) is 5.91 Å². The molecule has 1 amide bonds. The molecule has 1 saturated heterocycles. The lowest BCUT2D eigenvalue weighted by Crippen LogP contribution is -2.45. The van der Waals surface area contributed by atoms with E-state index in [1.165, 1.54) is 6.42 Å². The van der Waals surface area contributed by atoms with Crippen LogP contribution < -0.4 is 0 Å². The summed E-state index contributed by atoms with van der Waals surface area (Å²) in [5.41, 5.74) is 1.12. The van der Waals surface area contributed by atoms with Crippen molar-refractivity contribution in [3.63, 3.8) is 0 Å². The highest BCUT2D eigenvalue weighted by molar-refractivity contribution is 9.09. The van der Waals surface area contributed by atoms with Crippen LogP contribution in [0.1, 0.15) is 44.1 Å². The smallest absolute Gasteiger partial charge is 0.230 e. The highest BCUT2D eigenvalue weighted by Gasteiger charge is 2.29. The fourth-order valence-electron chi connectivity index (χ4n) is 2.85. The van der Waals surface area contributed by atoms with Crippen LogP contribution >= 0.6 is 15.9 Å². The second-order valence-corrected chi connectivity index (χ2v) is 6.08. The van der Waals surface area contributed by atoms with Gasteiger partial charge in [-0.05, 0) is 38.2 Å². The van der Waals surface area contributed by atoms with Crippen molar-refractivity contribution in [3.05, 3.63) is 35.9 Å². The number of amides is 1. The van der Waals surface area contributed by atoms with Crippen LogP contribution in [0.15, 0.2) is 30.3 Å². The summed E-state index contributed by atoms with van der Waals surface area (Å²) in [6, 6.07) is 10.5. The molecule has 2 nitrogen and oxygen atoms in total. The number of hydrogen-bond acceptors (Lipinski definition) is 1. The minimum Gasteiger partial charge on any atom is -0.339 e. The molecule has 1 aliphatic rings. The molecule has 2 unspecified atom stereocenters. The monoisotopic (exact) mass is 323 g/mol. The molecule has 0 radical (unpaired) electrons. The van der Waals surface area contributed by atoms with E-state index in [0.29, 0.717) is 6.04 Å². The highest BCUT2D eigenvalue weighted by Crippen LogP contribution is 2.25. The van der Waals surface area contributed by atoms with E-state index in [1.54, 1.807) is 0 Å². The topological polar surface area (TPSA) is 20.3 Å². The maximum atomic E-state index is 12.7. The summed E-state index contributed by atoms with van der Waals surface area (Å²) in [6.45, 7) is 2.95. The summed E-state index contributed by atoms with van der Waals surface area (Å²) < 4.78 is 0. The summed E-state index contributed by atoms with van der Waals surface area (Å²) in [7, 11) is 0. The van der Waals surface area contributed by atoms with Crippen LogP contribution in [-0.2, 0) is 4.79 Å². The van der Waals surface area contributed by atoms with Crippen molar-refractivity contribution in [2.75, 3.05) is 11.9 Å². The van der Waals surface area contributed by atoms with E-state index in [-0.39, 0.29) is 11.8 Å². The fourth-order valence-corrected chi connectivity index (χ4v) is 3.38. The minimum atomic E-state index is -0.0304. The molecule has 104 valence electrons. The maximum Gasteiger partial charge on any atom is 0.230 e. The predicted molar refractivity (Wildman–Crippen MR) is 82.6 cm³/mol. The zero-order valence-corrected chi connectivity index (χ0v) is 13.1. The molecule has 19 heavy (non-hydrogen) atoms. The van der Waals surface area contributed by atoms with Gasteiger partial charge in [0.25, 0.3) is 0 Å². The lowest BCUT2D eigenvalue weighted by Gasteiger charge is -2.37. The van der Waals surface area contributed by atoms with Crippen LogP contribution in [0.3, 0.4) is 0 Å². The molecule has 1 aromatic rings. The van der Waals surface area contributed by atoms with E-state index in [1.807, 2.05) is 37.3 Å². The molecule has 2 rings (SSSR count). The number of likely N-dealkylation sites (tertiary alicyclic amines) is 1. The maximum absolute atomic E-state index is 12.7. The molecular formula is C16H22BrNO. The molecule has 0 bridgehead atoms. The van der Waals surface area contributed by atoms with Crippen LogP contribution in [0, 0.1) is 0 Å². The molecule has 0 aromatic heterocycles. The van der Waals surface area contributed by atoms with Gasteiger partial charge in [-0.1, -0.05) is 46.3 Å². The van der Waals surface area contributed by atoms with E-state index in [0.717, 1.165) is 36.7 Å². The van der Waals surface area contributed by atoms with Gasteiger partial charge >= 0.3 is 0 Å². The molecule has 1 aromatic carbocycles. The Balaban J connectivity index is 2.08. The Morgan fingerprint density at radius 2 is 2.11 bits per heavy atom. The van der Waals surface area contributed by atoms with Crippen molar-refractivity contribution in [1.82, 2.24) is 4.90 Å². The number of alkyl halides is 1. The van der Waals surface area contributed by atoms with Crippen molar-refractivity contribution in [2.45, 2.75) is 44.6 Å². The second kappa shape index (κ2) is 7.09. The van der Waals surface area contributed by atoms with Crippen molar-refractivity contribution >= 4 is 21.8 Å². The average Bonchev–Trinajstić information content (AvgIpc) is 2.47. The molecule has 3 heteroatoms. The van der Waals surface area contributed by atoms with E-state index >= 15 is 0 Å². The number of nitrogens with zero attached hydrogens (tertiary/aromatic N) is 1. The molecule has 2 atom stereocenters. The Morgan fingerprint density at radius 3 is 2.79 bits per heavy atom. The van der Waals surface area contributed by atoms with E-state index in [2.05, 4.69) is 20.8 Å².